The molecular weight excluding hydrogens is 288 g/mol. The largest absolute Gasteiger partial charge is 0.569 e. The van der Waals surface area contributed by atoms with Crippen molar-refractivity contribution in [1.82, 2.24) is 9.91 Å². The predicted octanol–water partition coefficient (Wildman–Crippen LogP) is 2.54. The second-order valence-electron chi connectivity index (χ2n) is 6.25. The van der Waals surface area contributed by atoms with Crippen LogP contribution in [-0.2, 0) is 9.57 Å². The van der Waals surface area contributed by atoms with Gasteiger partial charge in [-0.15, -0.1) is 5.01 Å². The van der Waals surface area contributed by atoms with Crippen molar-refractivity contribution in [2.45, 2.75) is 59.2 Å². The van der Waals surface area contributed by atoms with E-state index in [0.29, 0.717) is 44.0 Å². The van der Waals surface area contributed by atoms with Crippen LogP contribution in [-0.4, -0.2) is 58.9 Å². The molecule has 0 radical (unpaired) electrons. The summed E-state index contributed by atoms with van der Waals surface area (Å²) in [5, 5.41) is 16.7. The van der Waals surface area contributed by atoms with Crippen molar-refractivity contribution < 1.29 is 19.3 Å². The fraction of sp³-hybridized carbons (Fsp3) is 0.929. The third-order valence-electron chi connectivity index (χ3n) is 3.33. The van der Waals surface area contributed by atoms with Gasteiger partial charge in [0.05, 0.1) is 18.1 Å². The van der Waals surface area contributed by atoms with Crippen LogP contribution in [0.3, 0.4) is 0 Å². The molecule has 8 heteroatoms. The van der Waals surface area contributed by atoms with Gasteiger partial charge in [-0.2, -0.15) is 0 Å². The number of likely N-dealkylation sites (tertiary alicyclic amines) is 1. The minimum absolute atomic E-state index is 0.148. The maximum absolute atomic E-state index is 11.9. The molecule has 128 valence electrons. The van der Waals surface area contributed by atoms with Crippen LogP contribution in [0.2, 0.25) is 0 Å². The van der Waals surface area contributed by atoms with Crippen molar-refractivity contribution in [3.05, 3.63) is 5.21 Å². The van der Waals surface area contributed by atoms with Crippen LogP contribution in [0.1, 0.15) is 47.5 Å². The first-order valence-corrected chi connectivity index (χ1v) is 7.83. The quantitative estimate of drug-likeness (QED) is 0.442. The summed E-state index contributed by atoms with van der Waals surface area (Å²) >= 11 is 0. The van der Waals surface area contributed by atoms with E-state index in [1.165, 1.54) is 5.01 Å². The highest BCUT2D eigenvalue weighted by Crippen LogP contribution is 2.17. The smallest absolute Gasteiger partial charge is 0.410 e. The lowest BCUT2D eigenvalue weighted by Gasteiger charge is -2.32. The number of carbonyl (C=O) groups is 1. The van der Waals surface area contributed by atoms with Crippen LogP contribution in [0, 0.1) is 5.21 Å². The summed E-state index contributed by atoms with van der Waals surface area (Å²) < 4.78 is 5.33. The van der Waals surface area contributed by atoms with Gasteiger partial charge in [0.15, 0.2) is 0 Å². The topological polar surface area (TPSA) is 80.4 Å². The Kier molecular flexibility index (Phi) is 6.70. The summed E-state index contributed by atoms with van der Waals surface area (Å²) in [4.78, 5) is 19.3. The molecule has 0 aliphatic carbocycles. The fourth-order valence-corrected chi connectivity index (χ4v) is 2.09. The Morgan fingerprint density at radius 1 is 1.32 bits per heavy atom. The number of piperidine rings is 1. The van der Waals surface area contributed by atoms with Crippen LogP contribution >= 0.6 is 0 Å². The van der Waals surface area contributed by atoms with Gasteiger partial charge in [0, 0.05) is 25.9 Å². The molecule has 1 saturated heterocycles. The number of nitrogens with zero attached hydrogens (tertiary/aromatic N) is 4. The van der Waals surface area contributed by atoms with Gasteiger partial charge in [0.2, 0.25) is 5.28 Å². The molecule has 1 aliphatic heterocycles. The molecule has 1 aliphatic rings. The van der Waals surface area contributed by atoms with E-state index in [1.54, 1.807) is 4.90 Å². The van der Waals surface area contributed by atoms with Crippen molar-refractivity contribution in [2.75, 3.05) is 26.2 Å². The Morgan fingerprint density at radius 2 is 1.86 bits per heavy atom. The zero-order valence-corrected chi connectivity index (χ0v) is 14.2. The third kappa shape index (κ3) is 5.95. The lowest BCUT2D eigenvalue weighted by molar-refractivity contribution is -0.711. The number of amides is 1. The first-order chi connectivity index (χ1) is 10.3. The molecule has 0 aromatic heterocycles. The summed E-state index contributed by atoms with van der Waals surface area (Å²) in [7, 11) is 0. The van der Waals surface area contributed by atoms with Gasteiger partial charge in [0.25, 0.3) is 0 Å². The van der Waals surface area contributed by atoms with Crippen LogP contribution in [0.4, 0.5) is 4.79 Å². The zero-order chi connectivity index (χ0) is 16.8. The molecule has 8 nitrogen and oxygen atoms in total. The molecular formula is C14H28N4O4. The number of hydrogen-bond donors (Lipinski definition) is 0. The number of hydrogen-bond acceptors (Lipinski definition) is 5. The second-order valence-corrected chi connectivity index (χ2v) is 6.25. The molecule has 0 bridgehead atoms. The molecule has 0 aromatic rings. The summed E-state index contributed by atoms with van der Waals surface area (Å²) in [6.07, 6.45) is 0.811. The van der Waals surface area contributed by atoms with Gasteiger partial charge in [-0.1, -0.05) is 0 Å². The van der Waals surface area contributed by atoms with E-state index in [9.17, 15) is 10.0 Å². The van der Waals surface area contributed by atoms with Crippen molar-refractivity contribution >= 4 is 6.09 Å². The molecule has 1 amide bonds. The van der Waals surface area contributed by atoms with Crippen LogP contribution in [0.5, 0.6) is 0 Å². The highest BCUT2D eigenvalue weighted by atomic mass is 16.7. The Balaban J connectivity index is 2.39. The van der Waals surface area contributed by atoms with E-state index in [-0.39, 0.29) is 12.2 Å². The van der Waals surface area contributed by atoms with Crippen LogP contribution in [0.25, 0.3) is 0 Å². The highest BCUT2D eigenvalue weighted by molar-refractivity contribution is 5.68. The van der Waals surface area contributed by atoms with Crippen molar-refractivity contribution in [1.29, 1.82) is 0 Å². The van der Waals surface area contributed by atoms with E-state index in [4.69, 9.17) is 9.57 Å². The Bertz CT molecular complexity index is 383. The minimum atomic E-state index is -0.493. The van der Waals surface area contributed by atoms with E-state index in [1.807, 2.05) is 34.6 Å². The van der Waals surface area contributed by atoms with Crippen molar-refractivity contribution in [3.63, 3.8) is 0 Å². The van der Waals surface area contributed by atoms with E-state index in [0.717, 1.165) is 0 Å². The average molecular weight is 316 g/mol. The molecule has 0 spiro atoms. The first-order valence-electron chi connectivity index (χ1n) is 7.83. The molecule has 1 fully saturated rings. The standard InChI is InChI=1S/C14H28N4O4/c1-6-17(7-2)18(20)15-22-12-8-10-16(11-9-12)13(19)21-14(3,4)5/h12H,6-11H2,1-5H3/b18-15-. The van der Waals surface area contributed by atoms with E-state index in [2.05, 4.69) is 5.28 Å². The lowest BCUT2D eigenvalue weighted by Crippen LogP contribution is -2.43. The number of hydrazine groups is 1. The van der Waals surface area contributed by atoms with Crippen LogP contribution in [0.15, 0.2) is 5.28 Å². The van der Waals surface area contributed by atoms with Crippen LogP contribution < -0.4 is 0 Å². The van der Waals surface area contributed by atoms with Gasteiger partial charge in [-0.25, -0.2) is 4.79 Å². The summed E-state index contributed by atoms with van der Waals surface area (Å²) in [6, 6.07) is 0. The molecule has 0 aromatic carbocycles. The predicted molar refractivity (Wildman–Crippen MR) is 80.9 cm³/mol. The van der Waals surface area contributed by atoms with Crippen molar-refractivity contribution in [3.8, 4) is 0 Å². The molecule has 0 N–H and O–H groups in total. The molecule has 1 rings (SSSR count). The molecule has 1 heterocycles. The summed E-state index contributed by atoms with van der Waals surface area (Å²) in [5.74, 6) is 0. The van der Waals surface area contributed by atoms with Gasteiger partial charge < -0.3 is 19.7 Å². The summed E-state index contributed by atoms with van der Waals surface area (Å²) in [5.41, 5.74) is -0.493. The van der Waals surface area contributed by atoms with E-state index >= 15 is 0 Å². The third-order valence-corrected chi connectivity index (χ3v) is 3.33. The average Bonchev–Trinajstić information content (AvgIpc) is 2.45. The van der Waals surface area contributed by atoms with Crippen molar-refractivity contribution in [2.24, 2.45) is 5.28 Å². The second kappa shape index (κ2) is 8.05. The van der Waals surface area contributed by atoms with Gasteiger partial charge >= 0.3 is 6.09 Å². The number of rotatable bonds is 5. The first kappa shape index (κ1) is 18.3. The molecule has 0 saturated carbocycles. The van der Waals surface area contributed by atoms with E-state index < -0.39 is 5.60 Å². The Morgan fingerprint density at radius 3 is 2.32 bits per heavy atom. The highest BCUT2D eigenvalue weighted by Gasteiger charge is 2.28. The lowest BCUT2D eigenvalue weighted by atomic mass is 10.1. The minimum Gasteiger partial charge on any atom is -0.569 e. The maximum Gasteiger partial charge on any atom is 0.410 e. The molecule has 0 unspecified atom stereocenters. The SMILES string of the molecule is CCN(CC)/[N+]([O-])=N/OC1CCN(C(=O)OC(C)(C)C)CC1. The Hall–Kier alpha value is -1.73. The van der Waals surface area contributed by atoms with Gasteiger partial charge in [-0.05, 0) is 34.6 Å². The monoisotopic (exact) mass is 316 g/mol. The maximum atomic E-state index is 11.9. The van der Waals surface area contributed by atoms with Gasteiger partial charge in [0.1, 0.15) is 11.7 Å². The number of ether oxygens (including phenoxy) is 1. The molecule has 0 atom stereocenters. The van der Waals surface area contributed by atoms with Gasteiger partial charge in [-0.3, -0.25) is 0 Å². The zero-order valence-electron chi connectivity index (χ0n) is 14.2. The normalized spacial score (nSPS) is 17.3. The molecule has 22 heavy (non-hydrogen) atoms. The summed E-state index contributed by atoms with van der Waals surface area (Å²) in [6.45, 7) is 11.5. The Labute approximate surface area is 132 Å². The fourth-order valence-electron chi connectivity index (χ4n) is 2.09. The number of carbonyl (C=O) groups excluding carboxylic acids is 1.